The van der Waals surface area contributed by atoms with E-state index in [1.165, 1.54) is 0 Å². The highest BCUT2D eigenvalue weighted by atomic mass is 79.9. The average Bonchev–Trinajstić information content (AvgIpc) is 2.52. The van der Waals surface area contributed by atoms with E-state index in [1.807, 2.05) is 55.7 Å². The van der Waals surface area contributed by atoms with Crippen molar-refractivity contribution in [1.29, 1.82) is 0 Å². The van der Waals surface area contributed by atoms with E-state index in [9.17, 15) is 4.79 Å². The monoisotopic (exact) mass is 346 g/mol. The molecule has 4 heteroatoms. The molecule has 110 valence electrons. The first kappa shape index (κ1) is 15.9. The van der Waals surface area contributed by atoms with Crippen LogP contribution in [0.5, 0.6) is 0 Å². The number of pyridine rings is 1. The minimum atomic E-state index is 0.187. The number of rotatable bonds is 7. The molecule has 1 heterocycles. The summed E-state index contributed by atoms with van der Waals surface area (Å²) in [7, 11) is 2.04. The van der Waals surface area contributed by atoms with Crippen molar-refractivity contribution < 1.29 is 4.79 Å². The summed E-state index contributed by atoms with van der Waals surface area (Å²) in [6.45, 7) is 1.67. The van der Waals surface area contributed by atoms with Crippen LogP contribution in [0, 0.1) is 0 Å². The van der Waals surface area contributed by atoms with Crippen molar-refractivity contribution in [2.45, 2.75) is 12.8 Å². The Hall–Kier alpha value is -1.52. The first-order valence-corrected chi connectivity index (χ1v) is 7.81. The highest BCUT2D eigenvalue weighted by Crippen LogP contribution is 2.12. The molecule has 0 spiro atoms. The van der Waals surface area contributed by atoms with Crippen LogP contribution in [0.4, 0.5) is 0 Å². The third kappa shape index (κ3) is 5.40. The van der Waals surface area contributed by atoms with Gasteiger partial charge >= 0.3 is 0 Å². The van der Waals surface area contributed by atoms with Gasteiger partial charge in [-0.15, -0.1) is 0 Å². The van der Waals surface area contributed by atoms with Crippen molar-refractivity contribution in [3.63, 3.8) is 0 Å². The molecular weight excluding hydrogens is 328 g/mol. The van der Waals surface area contributed by atoms with Gasteiger partial charge in [-0.25, -0.2) is 0 Å². The number of halogens is 1. The van der Waals surface area contributed by atoms with Crippen molar-refractivity contribution in [1.82, 2.24) is 9.88 Å². The minimum Gasteiger partial charge on any atom is -0.306 e. The van der Waals surface area contributed by atoms with Crippen LogP contribution in [0.25, 0.3) is 0 Å². The van der Waals surface area contributed by atoms with Crippen molar-refractivity contribution >= 4 is 21.7 Å². The van der Waals surface area contributed by atoms with Gasteiger partial charge < -0.3 is 4.90 Å². The number of hydrogen-bond donors (Lipinski definition) is 0. The summed E-state index contributed by atoms with van der Waals surface area (Å²) < 4.78 is 0.992. The van der Waals surface area contributed by atoms with E-state index in [0.717, 1.165) is 35.2 Å². The first-order chi connectivity index (χ1) is 10.1. The molecule has 1 aromatic carbocycles. The molecule has 0 fully saturated rings. The van der Waals surface area contributed by atoms with Crippen LogP contribution < -0.4 is 0 Å². The lowest BCUT2D eigenvalue weighted by molar-refractivity contribution is 0.0969. The van der Waals surface area contributed by atoms with Gasteiger partial charge in [0.25, 0.3) is 0 Å². The number of likely N-dealkylation sites (N-methyl/N-ethyl adjacent to an activating group) is 1. The molecule has 0 radical (unpaired) electrons. The summed E-state index contributed by atoms with van der Waals surface area (Å²) in [5.74, 6) is 0.187. The normalized spacial score (nSPS) is 10.8. The summed E-state index contributed by atoms with van der Waals surface area (Å²) in [6.07, 6.45) is 3.26. The van der Waals surface area contributed by atoms with Gasteiger partial charge in [0.1, 0.15) is 0 Å². The second-order valence-electron chi connectivity index (χ2n) is 5.05. The smallest absolute Gasteiger partial charge is 0.164 e. The van der Waals surface area contributed by atoms with E-state index < -0.39 is 0 Å². The lowest BCUT2D eigenvalue weighted by Gasteiger charge is -2.15. The van der Waals surface area contributed by atoms with Gasteiger partial charge in [-0.3, -0.25) is 9.78 Å². The van der Waals surface area contributed by atoms with Crippen molar-refractivity contribution in [2.75, 3.05) is 20.1 Å². The predicted molar refractivity (Wildman–Crippen MR) is 88.5 cm³/mol. The number of carbonyl (C=O) groups excluding carboxylic acids is 1. The molecule has 0 saturated carbocycles. The zero-order chi connectivity index (χ0) is 15.1. The molecule has 0 N–H and O–H groups in total. The maximum absolute atomic E-state index is 12.1. The second-order valence-corrected chi connectivity index (χ2v) is 5.97. The number of nitrogens with zero attached hydrogens (tertiary/aromatic N) is 2. The Bertz CT molecular complexity index is 569. The fourth-order valence-corrected chi connectivity index (χ4v) is 2.30. The topological polar surface area (TPSA) is 33.2 Å². The molecule has 0 atom stereocenters. The number of carbonyl (C=O) groups is 1. The molecule has 2 aromatic rings. The van der Waals surface area contributed by atoms with Crippen LogP contribution >= 0.6 is 15.9 Å². The van der Waals surface area contributed by atoms with Gasteiger partial charge in [0.2, 0.25) is 0 Å². The van der Waals surface area contributed by atoms with Crippen molar-refractivity contribution in [3.8, 4) is 0 Å². The minimum absolute atomic E-state index is 0.187. The van der Waals surface area contributed by atoms with Crippen molar-refractivity contribution in [3.05, 3.63) is 64.4 Å². The van der Waals surface area contributed by atoms with Crippen LogP contribution in [0.1, 0.15) is 22.5 Å². The van der Waals surface area contributed by atoms with Crippen LogP contribution in [0.3, 0.4) is 0 Å². The van der Waals surface area contributed by atoms with Gasteiger partial charge in [0.15, 0.2) is 5.78 Å². The summed E-state index contributed by atoms with van der Waals surface area (Å²) in [6, 6.07) is 13.5. The molecule has 0 aliphatic heterocycles. The van der Waals surface area contributed by atoms with Crippen LogP contribution in [0.2, 0.25) is 0 Å². The fourth-order valence-electron chi connectivity index (χ4n) is 2.04. The van der Waals surface area contributed by atoms with E-state index in [4.69, 9.17) is 0 Å². The fraction of sp³-hybridized carbons (Fsp3) is 0.294. The SMILES string of the molecule is CN(CCC(=O)c1ccc(Br)cc1)CCc1ccccn1. The summed E-state index contributed by atoms with van der Waals surface area (Å²) >= 11 is 3.37. The lowest BCUT2D eigenvalue weighted by Crippen LogP contribution is -2.24. The summed E-state index contributed by atoms with van der Waals surface area (Å²) in [5, 5.41) is 0. The molecule has 0 aliphatic rings. The van der Waals surface area contributed by atoms with Gasteiger partial charge in [0, 0.05) is 47.9 Å². The molecular formula is C17H19BrN2O. The molecule has 0 bridgehead atoms. The van der Waals surface area contributed by atoms with Gasteiger partial charge in [0.05, 0.1) is 0 Å². The first-order valence-electron chi connectivity index (χ1n) is 7.02. The van der Waals surface area contributed by atoms with E-state index in [-0.39, 0.29) is 5.78 Å². The quantitative estimate of drug-likeness (QED) is 0.718. The Morgan fingerprint density at radius 2 is 1.90 bits per heavy atom. The van der Waals surface area contributed by atoms with E-state index in [0.29, 0.717) is 6.42 Å². The Balaban J connectivity index is 1.74. The molecule has 3 nitrogen and oxygen atoms in total. The van der Waals surface area contributed by atoms with Gasteiger partial charge in [-0.2, -0.15) is 0 Å². The maximum atomic E-state index is 12.1. The number of Topliss-reactive ketones (excluding diaryl/α,β-unsaturated/α-hetero) is 1. The van der Waals surface area contributed by atoms with Crippen LogP contribution in [-0.4, -0.2) is 35.8 Å². The molecule has 1 aromatic heterocycles. The Labute approximate surface area is 134 Å². The highest BCUT2D eigenvalue weighted by Gasteiger charge is 2.07. The highest BCUT2D eigenvalue weighted by molar-refractivity contribution is 9.10. The van der Waals surface area contributed by atoms with Gasteiger partial charge in [-0.1, -0.05) is 34.1 Å². The van der Waals surface area contributed by atoms with Crippen molar-refractivity contribution in [2.24, 2.45) is 0 Å². The third-order valence-corrected chi connectivity index (χ3v) is 3.89. The lowest BCUT2D eigenvalue weighted by atomic mass is 10.1. The molecule has 0 unspecified atom stereocenters. The molecule has 0 amide bonds. The van der Waals surface area contributed by atoms with Crippen LogP contribution in [-0.2, 0) is 6.42 Å². The predicted octanol–water partition coefficient (Wildman–Crippen LogP) is 3.59. The number of benzene rings is 1. The Kier molecular flexibility index (Phi) is 6.08. The maximum Gasteiger partial charge on any atom is 0.164 e. The van der Waals surface area contributed by atoms with Crippen LogP contribution in [0.15, 0.2) is 53.1 Å². The van der Waals surface area contributed by atoms with E-state index >= 15 is 0 Å². The van der Waals surface area contributed by atoms with Gasteiger partial charge in [-0.05, 0) is 31.3 Å². The summed E-state index contributed by atoms with van der Waals surface area (Å²) in [5.41, 5.74) is 1.86. The number of ketones is 1. The van der Waals surface area contributed by atoms with E-state index in [2.05, 4.69) is 25.8 Å². The average molecular weight is 347 g/mol. The molecule has 21 heavy (non-hydrogen) atoms. The van der Waals surface area contributed by atoms with E-state index in [1.54, 1.807) is 0 Å². The summed E-state index contributed by atoms with van der Waals surface area (Å²) in [4.78, 5) is 18.6. The second kappa shape index (κ2) is 8.05. The Morgan fingerprint density at radius 3 is 2.57 bits per heavy atom. The Morgan fingerprint density at radius 1 is 1.14 bits per heavy atom. The molecule has 0 saturated heterocycles. The molecule has 2 rings (SSSR count). The zero-order valence-corrected chi connectivity index (χ0v) is 13.7. The standard InChI is InChI=1S/C17H19BrN2O/c1-20(12-9-16-4-2-3-11-19-16)13-10-17(21)14-5-7-15(18)8-6-14/h2-8,11H,9-10,12-13H2,1H3. The largest absolute Gasteiger partial charge is 0.306 e. The number of aromatic nitrogens is 1. The zero-order valence-electron chi connectivity index (χ0n) is 12.1. The third-order valence-electron chi connectivity index (χ3n) is 3.36. The number of hydrogen-bond acceptors (Lipinski definition) is 3. The molecule has 0 aliphatic carbocycles.